The van der Waals surface area contributed by atoms with E-state index in [4.69, 9.17) is 10.5 Å². The number of morpholine rings is 1. The molecule has 1 aliphatic heterocycles. The molecule has 1 aliphatic rings. The molecule has 1 aromatic rings. The summed E-state index contributed by atoms with van der Waals surface area (Å²) in [7, 11) is -3.47. The lowest BCUT2D eigenvalue weighted by atomic mass is 10.3. The summed E-state index contributed by atoms with van der Waals surface area (Å²) in [6, 6.07) is 1.62. The number of nitrogens with two attached hydrogens (primary N) is 1. The Kier molecular flexibility index (Phi) is 6.60. The predicted molar refractivity (Wildman–Crippen MR) is 87.0 cm³/mol. The first-order valence-corrected chi connectivity index (χ1v) is 9.90. The Bertz CT molecular complexity index is 556. The van der Waals surface area contributed by atoms with E-state index >= 15 is 0 Å². The van der Waals surface area contributed by atoms with Crippen molar-refractivity contribution in [3.05, 3.63) is 14.7 Å². The molecule has 1 aromatic heterocycles. The maximum atomic E-state index is 12.2. The maximum absolute atomic E-state index is 12.2. The zero-order chi connectivity index (χ0) is 15.3. The largest absolute Gasteiger partial charge is 0.379 e. The smallest absolute Gasteiger partial charge is 0.242 e. The van der Waals surface area contributed by atoms with Gasteiger partial charge in [0.25, 0.3) is 0 Å². The molecule has 120 valence electrons. The summed E-state index contributed by atoms with van der Waals surface area (Å²) in [6.45, 7) is 5.01. The number of hydrogen-bond donors (Lipinski definition) is 2. The molecule has 0 aromatic carbocycles. The molecule has 1 fully saturated rings. The molecule has 21 heavy (non-hydrogen) atoms. The summed E-state index contributed by atoms with van der Waals surface area (Å²) < 4.78 is 33.0. The minimum absolute atomic E-state index is 0.277. The van der Waals surface area contributed by atoms with Crippen molar-refractivity contribution in [2.75, 3.05) is 39.4 Å². The number of thiophene rings is 1. The summed E-state index contributed by atoms with van der Waals surface area (Å²) in [5.41, 5.74) is 5.54. The zero-order valence-corrected chi connectivity index (χ0v) is 14.9. The molecule has 0 amide bonds. The molecule has 0 aliphatic carbocycles. The number of hydrogen-bond acceptors (Lipinski definition) is 6. The van der Waals surface area contributed by atoms with E-state index in [0.717, 1.165) is 44.1 Å². The fourth-order valence-corrected chi connectivity index (χ4v) is 5.73. The minimum Gasteiger partial charge on any atom is -0.379 e. The Morgan fingerprint density at radius 3 is 2.76 bits per heavy atom. The van der Waals surface area contributed by atoms with E-state index in [0.29, 0.717) is 16.9 Å². The van der Waals surface area contributed by atoms with Crippen molar-refractivity contribution in [3.8, 4) is 0 Å². The summed E-state index contributed by atoms with van der Waals surface area (Å²) in [4.78, 5) is 3.40. The minimum atomic E-state index is -3.47. The van der Waals surface area contributed by atoms with Gasteiger partial charge in [0.2, 0.25) is 10.0 Å². The second-order valence-corrected chi connectivity index (χ2v) is 8.95. The normalized spacial score (nSPS) is 17.2. The third-order valence-electron chi connectivity index (χ3n) is 3.24. The van der Waals surface area contributed by atoms with Crippen LogP contribution in [0.4, 0.5) is 0 Å². The highest BCUT2D eigenvalue weighted by atomic mass is 79.9. The van der Waals surface area contributed by atoms with Gasteiger partial charge in [0.15, 0.2) is 0 Å². The van der Waals surface area contributed by atoms with Gasteiger partial charge in [-0.2, -0.15) is 0 Å². The van der Waals surface area contributed by atoms with Crippen LogP contribution in [0.1, 0.15) is 11.3 Å². The van der Waals surface area contributed by atoms with Crippen molar-refractivity contribution < 1.29 is 13.2 Å². The van der Waals surface area contributed by atoms with E-state index in [2.05, 4.69) is 25.6 Å². The van der Waals surface area contributed by atoms with Crippen molar-refractivity contribution in [2.24, 2.45) is 5.73 Å². The van der Waals surface area contributed by atoms with Crippen LogP contribution in [0.25, 0.3) is 0 Å². The molecule has 2 rings (SSSR count). The average Bonchev–Trinajstić information content (AvgIpc) is 2.87. The van der Waals surface area contributed by atoms with Crippen molar-refractivity contribution in [2.45, 2.75) is 17.9 Å². The van der Waals surface area contributed by atoms with E-state index in [1.54, 1.807) is 6.07 Å². The van der Waals surface area contributed by atoms with Crippen LogP contribution in [0.2, 0.25) is 0 Å². The van der Waals surface area contributed by atoms with E-state index in [9.17, 15) is 8.42 Å². The highest BCUT2D eigenvalue weighted by molar-refractivity contribution is 9.11. The van der Waals surface area contributed by atoms with Gasteiger partial charge in [0.1, 0.15) is 4.90 Å². The SMILES string of the molecule is NCc1cc(S(=O)(=O)NCCCN2CCOCC2)c(Br)s1. The highest BCUT2D eigenvalue weighted by Gasteiger charge is 2.20. The van der Waals surface area contributed by atoms with E-state index < -0.39 is 10.0 Å². The lowest BCUT2D eigenvalue weighted by Gasteiger charge is -2.26. The van der Waals surface area contributed by atoms with Crippen molar-refractivity contribution in [1.29, 1.82) is 0 Å². The maximum Gasteiger partial charge on any atom is 0.242 e. The second-order valence-electron chi connectivity index (χ2n) is 4.76. The van der Waals surface area contributed by atoms with Gasteiger partial charge in [-0.05, 0) is 35.0 Å². The van der Waals surface area contributed by atoms with Crippen LogP contribution in [-0.2, 0) is 21.3 Å². The van der Waals surface area contributed by atoms with Crippen molar-refractivity contribution >= 4 is 37.3 Å². The quantitative estimate of drug-likeness (QED) is 0.669. The number of nitrogens with one attached hydrogen (secondary N) is 1. The molecule has 6 nitrogen and oxygen atoms in total. The Labute approximate surface area is 137 Å². The van der Waals surface area contributed by atoms with Crippen LogP contribution in [0.15, 0.2) is 14.7 Å². The van der Waals surface area contributed by atoms with Crippen LogP contribution in [0.5, 0.6) is 0 Å². The molecule has 0 unspecified atom stereocenters. The monoisotopic (exact) mass is 397 g/mol. The Balaban J connectivity index is 1.82. The van der Waals surface area contributed by atoms with E-state index in [1.807, 2.05) is 0 Å². The summed E-state index contributed by atoms with van der Waals surface area (Å²) in [5.74, 6) is 0. The molecule has 0 atom stereocenters. The molecule has 9 heteroatoms. The first kappa shape index (κ1) is 17.3. The fourth-order valence-electron chi connectivity index (χ4n) is 2.09. The lowest BCUT2D eigenvalue weighted by Crippen LogP contribution is -2.38. The number of sulfonamides is 1. The average molecular weight is 398 g/mol. The lowest BCUT2D eigenvalue weighted by molar-refractivity contribution is 0.0376. The van der Waals surface area contributed by atoms with Crippen LogP contribution in [-0.4, -0.2) is 52.7 Å². The predicted octanol–water partition coefficient (Wildman–Crippen LogP) is 0.970. The van der Waals surface area contributed by atoms with Gasteiger partial charge in [-0.15, -0.1) is 11.3 Å². The standard InChI is InChI=1S/C12H20BrN3O3S2/c13-12-11(8-10(9-14)20-12)21(17,18)15-2-1-3-16-4-6-19-7-5-16/h8,15H,1-7,9,14H2. The Hall–Kier alpha value is -0.0300. The van der Waals surface area contributed by atoms with E-state index in [1.165, 1.54) is 11.3 Å². The number of halogens is 1. The second kappa shape index (κ2) is 8.00. The Morgan fingerprint density at radius 1 is 1.43 bits per heavy atom. The number of rotatable bonds is 7. The number of ether oxygens (including phenoxy) is 1. The van der Waals surface area contributed by atoms with Gasteiger partial charge in [-0.3, -0.25) is 4.90 Å². The van der Waals surface area contributed by atoms with Crippen LogP contribution >= 0.6 is 27.3 Å². The summed E-state index contributed by atoms with van der Waals surface area (Å²) >= 11 is 4.64. The topological polar surface area (TPSA) is 84.7 Å². The molecule has 0 radical (unpaired) electrons. The Morgan fingerprint density at radius 2 is 2.14 bits per heavy atom. The van der Waals surface area contributed by atoms with Gasteiger partial charge < -0.3 is 10.5 Å². The summed E-state index contributed by atoms with van der Waals surface area (Å²) in [6.07, 6.45) is 0.782. The van der Waals surface area contributed by atoms with Gasteiger partial charge in [-0.25, -0.2) is 13.1 Å². The number of nitrogens with zero attached hydrogens (tertiary/aromatic N) is 1. The van der Waals surface area contributed by atoms with Crippen LogP contribution in [0.3, 0.4) is 0 Å². The summed E-state index contributed by atoms with van der Waals surface area (Å²) in [5, 5.41) is 0. The first-order valence-electron chi connectivity index (χ1n) is 6.81. The van der Waals surface area contributed by atoms with Gasteiger partial charge in [0.05, 0.1) is 17.0 Å². The third-order valence-corrected chi connectivity index (χ3v) is 6.98. The molecule has 3 N–H and O–H groups in total. The van der Waals surface area contributed by atoms with Crippen LogP contribution < -0.4 is 10.5 Å². The molecule has 0 bridgehead atoms. The molecule has 0 saturated carbocycles. The molecule has 1 saturated heterocycles. The van der Waals surface area contributed by atoms with Crippen molar-refractivity contribution in [3.63, 3.8) is 0 Å². The molecular formula is C12H20BrN3O3S2. The van der Waals surface area contributed by atoms with Gasteiger partial charge in [-0.1, -0.05) is 0 Å². The molecule has 0 spiro atoms. The first-order chi connectivity index (χ1) is 10.0. The fraction of sp³-hybridized carbons (Fsp3) is 0.667. The van der Waals surface area contributed by atoms with Gasteiger partial charge >= 0.3 is 0 Å². The van der Waals surface area contributed by atoms with Crippen molar-refractivity contribution in [1.82, 2.24) is 9.62 Å². The van der Waals surface area contributed by atoms with E-state index in [-0.39, 0.29) is 4.90 Å². The zero-order valence-electron chi connectivity index (χ0n) is 11.7. The molecular weight excluding hydrogens is 378 g/mol. The van der Waals surface area contributed by atoms with Crippen LogP contribution in [0, 0.1) is 0 Å². The van der Waals surface area contributed by atoms with Gasteiger partial charge in [0, 0.05) is 31.1 Å². The third kappa shape index (κ3) is 4.98. The molecule has 2 heterocycles. The highest BCUT2D eigenvalue weighted by Crippen LogP contribution is 2.31.